The van der Waals surface area contributed by atoms with Gasteiger partial charge in [0.15, 0.2) is 0 Å². The largest absolute Gasteiger partial charge is 0.399 e. The van der Waals surface area contributed by atoms with E-state index in [1.165, 1.54) is 0 Å². The molecule has 1 aromatic rings. The zero-order valence-corrected chi connectivity index (χ0v) is 12.0. The summed E-state index contributed by atoms with van der Waals surface area (Å²) >= 11 is 0. The first-order valence-electron chi connectivity index (χ1n) is 6.51. The van der Waals surface area contributed by atoms with Gasteiger partial charge in [-0.3, -0.25) is 14.5 Å². The van der Waals surface area contributed by atoms with Crippen molar-refractivity contribution in [3.8, 4) is 0 Å². The second kappa shape index (κ2) is 7.49. The highest BCUT2D eigenvalue weighted by molar-refractivity contribution is 5.92. The maximum atomic E-state index is 11.8. The highest BCUT2D eigenvalue weighted by Crippen LogP contribution is 2.18. The standard InChI is InChI=1S/C14H22N4O2/c1-10-5-6-11(15)8-12(10)17-14(20)4-3-7-18(2)9-13(16)19/h5-6,8H,3-4,7,9,15H2,1-2H3,(H2,16,19)(H,17,20). The van der Waals surface area contributed by atoms with E-state index in [9.17, 15) is 9.59 Å². The minimum atomic E-state index is -0.368. The Morgan fingerprint density at radius 2 is 2.05 bits per heavy atom. The lowest BCUT2D eigenvalue weighted by Crippen LogP contribution is -2.31. The highest BCUT2D eigenvalue weighted by atomic mass is 16.2. The molecular weight excluding hydrogens is 256 g/mol. The van der Waals surface area contributed by atoms with Gasteiger partial charge in [0.25, 0.3) is 0 Å². The van der Waals surface area contributed by atoms with Crippen LogP contribution >= 0.6 is 0 Å². The van der Waals surface area contributed by atoms with Crippen LogP contribution in [0.2, 0.25) is 0 Å². The normalized spacial score (nSPS) is 10.6. The number of amides is 2. The Balaban J connectivity index is 2.37. The summed E-state index contributed by atoms with van der Waals surface area (Å²) < 4.78 is 0. The summed E-state index contributed by atoms with van der Waals surface area (Å²) in [6.07, 6.45) is 1.05. The Morgan fingerprint density at radius 1 is 1.35 bits per heavy atom. The van der Waals surface area contributed by atoms with Gasteiger partial charge in [-0.1, -0.05) is 6.07 Å². The lowest BCUT2D eigenvalue weighted by atomic mass is 10.1. The second-order valence-corrected chi connectivity index (χ2v) is 4.93. The third-order valence-electron chi connectivity index (χ3n) is 2.91. The number of carbonyl (C=O) groups is 2. The molecule has 110 valence electrons. The number of benzene rings is 1. The van der Waals surface area contributed by atoms with Gasteiger partial charge in [-0.15, -0.1) is 0 Å². The van der Waals surface area contributed by atoms with Gasteiger partial charge >= 0.3 is 0 Å². The van der Waals surface area contributed by atoms with Crippen LogP contribution < -0.4 is 16.8 Å². The molecule has 0 fully saturated rings. The molecule has 0 radical (unpaired) electrons. The third kappa shape index (κ3) is 5.71. The molecule has 1 rings (SSSR count). The van der Waals surface area contributed by atoms with E-state index in [1.807, 2.05) is 13.0 Å². The molecule has 6 nitrogen and oxygen atoms in total. The van der Waals surface area contributed by atoms with Crippen LogP contribution in [-0.4, -0.2) is 36.9 Å². The number of carbonyl (C=O) groups excluding carboxylic acids is 2. The van der Waals surface area contributed by atoms with Gasteiger partial charge < -0.3 is 16.8 Å². The molecule has 20 heavy (non-hydrogen) atoms. The Hall–Kier alpha value is -2.08. The minimum Gasteiger partial charge on any atom is -0.399 e. The van der Waals surface area contributed by atoms with Gasteiger partial charge in [0.05, 0.1) is 6.54 Å². The molecule has 6 heteroatoms. The molecule has 1 aromatic carbocycles. The predicted octanol–water partition coefficient (Wildman–Crippen LogP) is 0.713. The van der Waals surface area contributed by atoms with Crippen LogP contribution in [-0.2, 0) is 9.59 Å². The maximum Gasteiger partial charge on any atom is 0.231 e. The van der Waals surface area contributed by atoms with Crippen molar-refractivity contribution in [3.63, 3.8) is 0 Å². The van der Waals surface area contributed by atoms with E-state index in [-0.39, 0.29) is 18.4 Å². The fourth-order valence-corrected chi connectivity index (χ4v) is 1.84. The number of primary amides is 1. The van der Waals surface area contributed by atoms with E-state index >= 15 is 0 Å². The zero-order valence-electron chi connectivity index (χ0n) is 12.0. The minimum absolute atomic E-state index is 0.0637. The number of nitrogens with zero attached hydrogens (tertiary/aromatic N) is 1. The number of aryl methyl sites for hydroxylation is 1. The van der Waals surface area contributed by atoms with Crippen molar-refractivity contribution in [3.05, 3.63) is 23.8 Å². The molecule has 0 heterocycles. The van der Waals surface area contributed by atoms with Crippen molar-refractivity contribution < 1.29 is 9.59 Å². The van der Waals surface area contributed by atoms with Crippen molar-refractivity contribution in [1.29, 1.82) is 0 Å². The maximum absolute atomic E-state index is 11.8. The SMILES string of the molecule is Cc1ccc(N)cc1NC(=O)CCCN(C)CC(N)=O. The lowest BCUT2D eigenvalue weighted by molar-refractivity contribution is -0.118. The van der Waals surface area contributed by atoms with Crippen LogP contribution in [0.1, 0.15) is 18.4 Å². The molecule has 0 aliphatic carbocycles. The van der Waals surface area contributed by atoms with Crippen LogP contribution in [0.25, 0.3) is 0 Å². The van der Waals surface area contributed by atoms with Gasteiger partial charge in [0, 0.05) is 17.8 Å². The molecule has 0 atom stereocenters. The number of nitrogens with two attached hydrogens (primary N) is 2. The summed E-state index contributed by atoms with van der Waals surface area (Å²) in [6, 6.07) is 5.40. The Labute approximate surface area is 119 Å². The highest BCUT2D eigenvalue weighted by Gasteiger charge is 2.07. The molecule has 0 spiro atoms. The van der Waals surface area contributed by atoms with Crippen molar-refractivity contribution in [2.75, 3.05) is 31.2 Å². The fourth-order valence-electron chi connectivity index (χ4n) is 1.84. The van der Waals surface area contributed by atoms with Gasteiger partial charge in [0.1, 0.15) is 0 Å². The summed E-state index contributed by atoms with van der Waals surface area (Å²) in [5.74, 6) is -0.432. The number of rotatable bonds is 7. The molecule has 0 unspecified atom stereocenters. The van der Waals surface area contributed by atoms with Crippen molar-refractivity contribution in [2.45, 2.75) is 19.8 Å². The average molecular weight is 278 g/mol. The molecule has 0 aliphatic heterocycles. The Morgan fingerprint density at radius 3 is 2.70 bits per heavy atom. The van der Waals surface area contributed by atoms with Crippen LogP contribution in [0.4, 0.5) is 11.4 Å². The summed E-state index contributed by atoms with van der Waals surface area (Å²) in [7, 11) is 1.80. The summed E-state index contributed by atoms with van der Waals surface area (Å²) in [4.78, 5) is 24.3. The number of hydrogen-bond acceptors (Lipinski definition) is 4. The van der Waals surface area contributed by atoms with Crippen molar-refractivity contribution in [1.82, 2.24) is 4.90 Å². The van der Waals surface area contributed by atoms with E-state index in [1.54, 1.807) is 24.1 Å². The molecule has 2 amide bonds. The monoisotopic (exact) mass is 278 g/mol. The molecule has 0 saturated heterocycles. The van der Waals surface area contributed by atoms with Gasteiger partial charge in [-0.25, -0.2) is 0 Å². The van der Waals surface area contributed by atoms with Crippen LogP contribution in [0.15, 0.2) is 18.2 Å². The molecule has 0 saturated carbocycles. The quantitative estimate of drug-likeness (QED) is 0.639. The first kappa shape index (κ1) is 16.0. The van der Waals surface area contributed by atoms with Crippen LogP contribution in [0.3, 0.4) is 0 Å². The van der Waals surface area contributed by atoms with Gasteiger partial charge in [-0.05, 0) is 44.6 Å². The van der Waals surface area contributed by atoms with E-state index < -0.39 is 0 Å². The molecule has 5 N–H and O–H groups in total. The fraction of sp³-hybridized carbons (Fsp3) is 0.429. The summed E-state index contributed by atoms with van der Waals surface area (Å²) in [6.45, 7) is 2.76. The van der Waals surface area contributed by atoms with Crippen molar-refractivity contribution >= 4 is 23.2 Å². The molecule has 0 aromatic heterocycles. The molecule has 0 bridgehead atoms. The first-order chi connectivity index (χ1) is 9.38. The topological polar surface area (TPSA) is 101 Å². The zero-order chi connectivity index (χ0) is 15.1. The predicted molar refractivity (Wildman–Crippen MR) is 80.1 cm³/mol. The molecular formula is C14H22N4O2. The number of nitrogen functional groups attached to an aromatic ring is 1. The third-order valence-corrected chi connectivity index (χ3v) is 2.91. The van der Waals surface area contributed by atoms with Crippen LogP contribution in [0.5, 0.6) is 0 Å². The van der Waals surface area contributed by atoms with Gasteiger partial charge in [0.2, 0.25) is 11.8 Å². The number of hydrogen-bond donors (Lipinski definition) is 3. The first-order valence-corrected chi connectivity index (χ1v) is 6.51. The number of nitrogens with one attached hydrogen (secondary N) is 1. The van der Waals surface area contributed by atoms with Crippen LogP contribution in [0, 0.1) is 6.92 Å². The van der Waals surface area contributed by atoms with E-state index in [0.29, 0.717) is 25.1 Å². The summed E-state index contributed by atoms with van der Waals surface area (Å²) in [5.41, 5.74) is 13.1. The van der Waals surface area contributed by atoms with Crippen molar-refractivity contribution in [2.24, 2.45) is 5.73 Å². The summed E-state index contributed by atoms with van der Waals surface area (Å²) in [5, 5.41) is 2.84. The van der Waals surface area contributed by atoms with E-state index in [4.69, 9.17) is 11.5 Å². The molecule has 0 aliphatic rings. The number of likely N-dealkylation sites (N-methyl/N-ethyl adjacent to an activating group) is 1. The Kier molecular flexibility index (Phi) is 5.99. The van der Waals surface area contributed by atoms with E-state index in [0.717, 1.165) is 11.3 Å². The lowest BCUT2D eigenvalue weighted by Gasteiger charge is -2.14. The average Bonchev–Trinajstić information content (AvgIpc) is 2.33. The smallest absolute Gasteiger partial charge is 0.231 e. The Bertz CT molecular complexity index is 488. The van der Waals surface area contributed by atoms with E-state index in [2.05, 4.69) is 5.32 Å². The number of anilines is 2. The second-order valence-electron chi connectivity index (χ2n) is 4.93. The van der Waals surface area contributed by atoms with Gasteiger partial charge in [-0.2, -0.15) is 0 Å².